The van der Waals surface area contributed by atoms with Gasteiger partial charge in [0.1, 0.15) is 16.3 Å². The minimum Gasteiger partial charge on any atom is -0.480 e. The normalized spacial score (nSPS) is 12.4. The lowest BCUT2D eigenvalue weighted by Crippen LogP contribution is -2.53. The number of sulfonamides is 1. The van der Waals surface area contributed by atoms with Gasteiger partial charge in [-0.25, -0.2) is 12.8 Å². The highest BCUT2D eigenvalue weighted by Crippen LogP contribution is 2.23. The molecule has 8 heteroatoms. The predicted octanol–water partition coefficient (Wildman–Crippen LogP) is 2.51. The SMILES string of the molecule is CCC(CC)(NS(=O)(=O)c1ccc(Br)cc1F)C(=O)O. The first-order chi connectivity index (χ1) is 9.18. The molecule has 0 aliphatic carbocycles. The van der Waals surface area contributed by atoms with Crippen LogP contribution in [0.15, 0.2) is 27.6 Å². The van der Waals surface area contributed by atoms with Crippen LogP contribution in [0, 0.1) is 5.82 Å². The second kappa shape index (κ2) is 6.19. The van der Waals surface area contributed by atoms with Gasteiger partial charge in [-0.3, -0.25) is 4.79 Å². The molecule has 0 aliphatic rings. The van der Waals surface area contributed by atoms with E-state index in [0.29, 0.717) is 4.47 Å². The molecule has 0 heterocycles. The Balaban J connectivity index is 3.27. The highest BCUT2D eigenvalue weighted by molar-refractivity contribution is 9.10. The summed E-state index contributed by atoms with van der Waals surface area (Å²) in [6, 6.07) is 3.46. The van der Waals surface area contributed by atoms with E-state index in [9.17, 15) is 22.7 Å². The first-order valence-corrected chi connectivity index (χ1v) is 8.18. The second-order valence-electron chi connectivity index (χ2n) is 4.27. The van der Waals surface area contributed by atoms with Gasteiger partial charge in [0.2, 0.25) is 10.0 Å². The van der Waals surface area contributed by atoms with E-state index in [0.717, 1.165) is 12.1 Å². The summed E-state index contributed by atoms with van der Waals surface area (Å²) in [7, 11) is -4.26. The van der Waals surface area contributed by atoms with Gasteiger partial charge >= 0.3 is 5.97 Å². The average Bonchev–Trinajstić information content (AvgIpc) is 2.35. The van der Waals surface area contributed by atoms with Crippen molar-refractivity contribution in [1.29, 1.82) is 0 Å². The van der Waals surface area contributed by atoms with Crippen LogP contribution in [0.4, 0.5) is 4.39 Å². The Morgan fingerprint density at radius 3 is 2.35 bits per heavy atom. The molecule has 0 amide bonds. The topological polar surface area (TPSA) is 83.5 Å². The zero-order valence-corrected chi connectivity index (χ0v) is 13.4. The van der Waals surface area contributed by atoms with Crippen molar-refractivity contribution in [2.24, 2.45) is 0 Å². The van der Waals surface area contributed by atoms with Crippen molar-refractivity contribution in [2.45, 2.75) is 37.1 Å². The average molecular weight is 368 g/mol. The summed E-state index contributed by atoms with van der Waals surface area (Å²) in [5, 5.41) is 9.22. The summed E-state index contributed by atoms with van der Waals surface area (Å²) in [4.78, 5) is 10.7. The van der Waals surface area contributed by atoms with Crippen LogP contribution in [0.5, 0.6) is 0 Å². The molecule has 112 valence electrons. The zero-order chi connectivity index (χ0) is 15.6. The number of carboxylic acids is 1. The van der Waals surface area contributed by atoms with Crippen molar-refractivity contribution in [2.75, 3.05) is 0 Å². The maximum Gasteiger partial charge on any atom is 0.324 e. The fraction of sp³-hybridized carbons (Fsp3) is 0.417. The van der Waals surface area contributed by atoms with Gasteiger partial charge in [0.05, 0.1) is 0 Å². The van der Waals surface area contributed by atoms with Crippen LogP contribution in [-0.4, -0.2) is 25.0 Å². The van der Waals surface area contributed by atoms with Crippen LogP contribution < -0.4 is 4.72 Å². The summed E-state index contributed by atoms with van der Waals surface area (Å²) in [6.45, 7) is 3.11. The number of rotatable bonds is 6. The number of benzene rings is 1. The molecule has 0 aliphatic heterocycles. The van der Waals surface area contributed by atoms with E-state index in [1.165, 1.54) is 6.07 Å². The smallest absolute Gasteiger partial charge is 0.324 e. The Hall–Kier alpha value is -0.990. The Kier molecular flexibility index (Phi) is 5.28. The quantitative estimate of drug-likeness (QED) is 0.808. The van der Waals surface area contributed by atoms with Crippen LogP contribution in [0.25, 0.3) is 0 Å². The second-order valence-corrected chi connectivity index (χ2v) is 6.84. The molecule has 0 atom stereocenters. The summed E-state index contributed by atoms with van der Waals surface area (Å²) in [6.07, 6.45) is 0.104. The molecule has 0 fully saturated rings. The van der Waals surface area contributed by atoms with E-state index in [1.54, 1.807) is 13.8 Å². The summed E-state index contributed by atoms with van der Waals surface area (Å²) in [5.74, 6) is -2.23. The van der Waals surface area contributed by atoms with Crippen molar-refractivity contribution in [1.82, 2.24) is 4.72 Å². The van der Waals surface area contributed by atoms with E-state index in [4.69, 9.17) is 0 Å². The van der Waals surface area contributed by atoms with Gasteiger partial charge in [-0.1, -0.05) is 29.8 Å². The highest BCUT2D eigenvalue weighted by atomic mass is 79.9. The fourth-order valence-electron chi connectivity index (χ4n) is 1.75. The maximum atomic E-state index is 13.7. The van der Waals surface area contributed by atoms with Crippen LogP contribution in [0.1, 0.15) is 26.7 Å². The first kappa shape index (κ1) is 17.1. The van der Waals surface area contributed by atoms with Crippen molar-refractivity contribution in [3.05, 3.63) is 28.5 Å². The zero-order valence-electron chi connectivity index (χ0n) is 11.0. The molecule has 0 radical (unpaired) electrons. The lowest BCUT2D eigenvalue weighted by molar-refractivity contribution is -0.144. The molecule has 1 aromatic carbocycles. The largest absolute Gasteiger partial charge is 0.480 e. The van der Waals surface area contributed by atoms with Gasteiger partial charge in [0.25, 0.3) is 0 Å². The number of hydrogen-bond acceptors (Lipinski definition) is 3. The Morgan fingerprint density at radius 1 is 1.40 bits per heavy atom. The minimum atomic E-state index is -4.26. The number of nitrogens with one attached hydrogen (secondary N) is 1. The standard InChI is InChI=1S/C12H15BrFNO4S/c1-3-12(4-2,11(16)17)15-20(18,19)10-6-5-8(13)7-9(10)14/h5-7,15H,3-4H2,1-2H3,(H,16,17). The molecule has 1 rings (SSSR count). The molecule has 0 aromatic heterocycles. The van der Waals surface area contributed by atoms with E-state index in [1.807, 2.05) is 0 Å². The fourth-order valence-corrected chi connectivity index (χ4v) is 3.64. The van der Waals surface area contributed by atoms with Crippen molar-refractivity contribution >= 4 is 31.9 Å². The van der Waals surface area contributed by atoms with Crippen LogP contribution in [-0.2, 0) is 14.8 Å². The molecule has 0 unspecified atom stereocenters. The minimum absolute atomic E-state index is 0.0518. The monoisotopic (exact) mass is 367 g/mol. The van der Waals surface area contributed by atoms with E-state index >= 15 is 0 Å². The molecule has 0 spiro atoms. The number of halogens is 2. The predicted molar refractivity (Wildman–Crippen MR) is 75.4 cm³/mol. The van der Waals surface area contributed by atoms with Gasteiger partial charge in [0, 0.05) is 4.47 Å². The van der Waals surface area contributed by atoms with Crippen LogP contribution in [0.2, 0.25) is 0 Å². The first-order valence-electron chi connectivity index (χ1n) is 5.91. The van der Waals surface area contributed by atoms with E-state index < -0.39 is 32.2 Å². The van der Waals surface area contributed by atoms with Crippen molar-refractivity contribution in [3.63, 3.8) is 0 Å². The van der Waals surface area contributed by atoms with E-state index in [2.05, 4.69) is 20.7 Å². The number of carboxylic acid groups (broad SMARTS) is 1. The van der Waals surface area contributed by atoms with Gasteiger partial charge in [-0.15, -0.1) is 0 Å². The Morgan fingerprint density at radius 2 is 1.95 bits per heavy atom. The summed E-state index contributed by atoms with van der Waals surface area (Å²) < 4.78 is 40.6. The van der Waals surface area contributed by atoms with Gasteiger partial charge in [-0.2, -0.15) is 4.72 Å². The molecule has 2 N–H and O–H groups in total. The third-order valence-electron chi connectivity index (χ3n) is 3.13. The van der Waals surface area contributed by atoms with Crippen molar-refractivity contribution in [3.8, 4) is 0 Å². The molecule has 0 saturated carbocycles. The molecule has 5 nitrogen and oxygen atoms in total. The number of hydrogen-bond donors (Lipinski definition) is 2. The highest BCUT2D eigenvalue weighted by Gasteiger charge is 2.40. The Bertz CT molecular complexity index is 614. The summed E-state index contributed by atoms with van der Waals surface area (Å²) in [5.41, 5.74) is -1.64. The lowest BCUT2D eigenvalue weighted by Gasteiger charge is -2.27. The molecule has 0 saturated heterocycles. The molecule has 0 bridgehead atoms. The number of aliphatic carboxylic acids is 1. The van der Waals surface area contributed by atoms with Crippen molar-refractivity contribution < 1.29 is 22.7 Å². The maximum absolute atomic E-state index is 13.7. The third kappa shape index (κ3) is 3.36. The lowest BCUT2D eigenvalue weighted by atomic mass is 9.95. The Labute approximate surface area is 125 Å². The molecule has 20 heavy (non-hydrogen) atoms. The molecular formula is C12H15BrFNO4S. The van der Waals surface area contributed by atoms with Gasteiger partial charge in [-0.05, 0) is 31.0 Å². The molecular weight excluding hydrogens is 353 g/mol. The summed E-state index contributed by atoms with van der Waals surface area (Å²) >= 11 is 3.03. The number of carbonyl (C=O) groups is 1. The van der Waals surface area contributed by atoms with Gasteiger partial charge < -0.3 is 5.11 Å². The van der Waals surface area contributed by atoms with Crippen LogP contribution in [0.3, 0.4) is 0 Å². The third-order valence-corrected chi connectivity index (χ3v) is 5.19. The van der Waals surface area contributed by atoms with Gasteiger partial charge in [0.15, 0.2) is 0 Å². The van der Waals surface area contributed by atoms with Crippen LogP contribution >= 0.6 is 15.9 Å². The van der Waals surface area contributed by atoms with E-state index in [-0.39, 0.29) is 12.8 Å². The molecule has 1 aromatic rings.